The lowest BCUT2D eigenvalue weighted by atomic mass is 10.1. The molecule has 2 heterocycles. The molecule has 1 aromatic rings. The van der Waals surface area contributed by atoms with Crippen LogP contribution in [-0.4, -0.2) is 41.3 Å². The Morgan fingerprint density at radius 1 is 1.19 bits per heavy atom. The average molecular weight is 374 g/mol. The standard InChI is InChI=1S/C18H18N2O7/c1-18(2)26-16(24)13(17(25)27-18)8-19-11-3-5-12(6-4-11)20-9-10(15(22)23)7-14(20)21/h3-6,8,10,19H,7,9H2,1-2H3,(H,22,23). The zero-order chi connectivity index (χ0) is 19.8. The zero-order valence-corrected chi connectivity index (χ0v) is 14.7. The third kappa shape index (κ3) is 3.91. The van der Waals surface area contributed by atoms with Crippen LogP contribution in [0.1, 0.15) is 20.3 Å². The molecule has 0 aliphatic carbocycles. The van der Waals surface area contributed by atoms with Gasteiger partial charge in [-0.25, -0.2) is 9.59 Å². The van der Waals surface area contributed by atoms with Crippen molar-refractivity contribution < 1.29 is 33.8 Å². The summed E-state index contributed by atoms with van der Waals surface area (Å²) in [6.45, 7) is 3.04. The van der Waals surface area contributed by atoms with E-state index in [1.165, 1.54) is 24.9 Å². The summed E-state index contributed by atoms with van der Waals surface area (Å²) in [6.07, 6.45) is 1.17. The van der Waals surface area contributed by atoms with Crippen molar-refractivity contribution >= 4 is 35.2 Å². The molecular weight excluding hydrogens is 356 g/mol. The van der Waals surface area contributed by atoms with E-state index < -0.39 is 29.6 Å². The number of nitrogens with one attached hydrogen (secondary N) is 1. The Morgan fingerprint density at radius 2 is 1.78 bits per heavy atom. The fourth-order valence-electron chi connectivity index (χ4n) is 2.79. The van der Waals surface area contributed by atoms with Crippen LogP contribution in [0.25, 0.3) is 0 Å². The molecule has 1 unspecified atom stereocenters. The summed E-state index contributed by atoms with van der Waals surface area (Å²) >= 11 is 0. The predicted molar refractivity (Wildman–Crippen MR) is 92.5 cm³/mol. The highest BCUT2D eigenvalue weighted by molar-refractivity contribution is 6.15. The lowest BCUT2D eigenvalue weighted by molar-refractivity contribution is -0.222. The van der Waals surface area contributed by atoms with E-state index in [0.717, 1.165) is 0 Å². The number of cyclic esters (lactones) is 2. The van der Waals surface area contributed by atoms with E-state index in [9.17, 15) is 19.2 Å². The highest BCUT2D eigenvalue weighted by atomic mass is 16.7. The van der Waals surface area contributed by atoms with Crippen molar-refractivity contribution in [2.24, 2.45) is 5.92 Å². The first-order valence-electron chi connectivity index (χ1n) is 8.23. The number of anilines is 2. The minimum absolute atomic E-state index is 0.0258. The van der Waals surface area contributed by atoms with Crippen LogP contribution in [0.5, 0.6) is 0 Å². The summed E-state index contributed by atoms with van der Waals surface area (Å²) in [6, 6.07) is 6.56. The number of amides is 1. The van der Waals surface area contributed by atoms with Crippen LogP contribution in [0.3, 0.4) is 0 Å². The number of hydrogen-bond donors (Lipinski definition) is 2. The molecule has 9 heteroatoms. The van der Waals surface area contributed by atoms with Crippen LogP contribution in [0.15, 0.2) is 36.0 Å². The molecule has 1 amide bonds. The van der Waals surface area contributed by atoms with Crippen molar-refractivity contribution in [3.8, 4) is 0 Å². The molecule has 3 rings (SSSR count). The van der Waals surface area contributed by atoms with Gasteiger partial charge in [0.25, 0.3) is 5.79 Å². The summed E-state index contributed by atoms with van der Waals surface area (Å²) in [5.74, 6) is -4.84. The van der Waals surface area contributed by atoms with E-state index in [2.05, 4.69) is 5.32 Å². The highest BCUT2D eigenvalue weighted by Crippen LogP contribution is 2.27. The van der Waals surface area contributed by atoms with Gasteiger partial charge in [0.1, 0.15) is 0 Å². The number of carboxylic acid groups (broad SMARTS) is 1. The fraction of sp³-hybridized carbons (Fsp3) is 0.333. The molecule has 0 bridgehead atoms. The molecule has 2 fully saturated rings. The molecule has 2 aliphatic heterocycles. The summed E-state index contributed by atoms with van der Waals surface area (Å²) in [5, 5.41) is 11.8. The Hall–Kier alpha value is -3.36. The van der Waals surface area contributed by atoms with Gasteiger partial charge >= 0.3 is 17.9 Å². The first-order valence-corrected chi connectivity index (χ1v) is 8.23. The van der Waals surface area contributed by atoms with Gasteiger partial charge in [0.05, 0.1) is 5.92 Å². The van der Waals surface area contributed by atoms with Crippen molar-refractivity contribution in [1.29, 1.82) is 0 Å². The molecule has 142 valence electrons. The largest absolute Gasteiger partial charge is 0.481 e. The van der Waals surface area contributed by atoms with Gasteiger partial charge in [-0.05, 0) is 24.3 Å². The molecule has 2 aliphatic rings. The minimum Gasteiger partial charge on any atom is -0.481 e. The van der Waals surface area contributed by atoms with E-state index in [4.69, 9.17) is 14.6 Å². The van der Waals surface area contributed by atoms with Gasteiger partial charge < -0.3 is 24.8 Å². The smallest absolute Gasteiger partial charge is 0.350 e. The van der Waals surface area contributed by atoms with Crippen LogP contribution in [0.4, 0.5) is 11.4 Å². The van der Waals surface area contributed by atoms with Gasteiger partial charge in [-0.1, -0.05) is 0 Å². The molecule has 0 saturated carbocycles. The third-order valence-corrected chi connectivity index (χ3v) is 4.15. The quantitative estimate of drug-likeness (QED) is 0.459. The SMILES string of the molecule is CC1(C)OC(=O)C(=CNc2ccc(N3CC(C(=O)O)CC3=O)cc2)C(=O)O1. The number of carboxylic acids is 1. The van der Waals surface area contributed by atoms with Crippen LogP contribution in [0.2, 0.25) is 0 Å². The number of nitrogens with zero attached hydrogens (tertiary/aromatic N) is 1. The van der Waals surface area contributed by atoms with E-state index in [-0.39, 0.29) is 24.4 Å². The molecule has 1 atom stereocenters. The van der Waals surface area contributed by atoms with E-state index >= 15 is 0 Å². The number of rotatable bonds is 4. The Balaban J connectivity index is 1.68. The minimum atomic E-state index is -1.30. The fourth-order valence-corrected chi connectivity index (χ4v) is 2.79. The van der Waals surface area contributed by atoms with Crippen molar-refractivity contribution in [3.05, 3.63) is 36.0 Å². The Morgan fingerprint density at radius 3 is 2.30 bits per heavy atom. The monoisotopic (exact) mass is 374 g/mol. The predicted octanol–water partition coefficient (Wildman–Crippen LogP) is 1.26. The second-order valence-corrected chi connectivity index (χ2v) is 6.67. The van der Waals surface area contributed by atoms with Crippen molar-refractivity contribution in [2.45, 2.75) is 26.1 Å². The maximum Gasteiger partial charge on any atom is 0.350 e. The van der Waals surface area contributed by atoms with Gasteiger partial charge in [0, 0.05) is 44.4 Å². The van der Waals surface area contributed by atoms with Gasteiger partial charge in [-0.2, -0.15) is 0 Å². The zero-order valence-electron chi connectivity index (χ0n) is 14.7. The molecule has 0 aromatic heterocycles. The topological polar surface area (TPSA) is 122 Å². The second kappa shape index (κ2) is 6.75. The van der Waals surface area contributed by atoms with Gasteiger partial charge in [-0.3, -0.25) is 9.59 Å². The maximum absolute atomic E-state index is 12.0. The lowest BCUT2D eigenvalue weighted by Crippen LogP contribution is -2.42. The van der Waals surface area contributed by atoms with E-state index in [1.807, 2.05) is 0 Å². The highest BCUT2D eigenvalue weighted by Gasteiger charge is 2.39. The van der Waals surface area contributed by atoms with Crippen LogP contribution >= 0.6 is 0 Å². The Kier molecular flexibility index (Phi) is 4.61. The number of hydrogen-bond acceptors (Lipinski definition) is 7. The van der Waals surface area contributed by atoms with E-state index in [1.54, 1.807) is 24.3 Å². The number of benzene rings is 1. The summed E-state index contributed by atoms with van der Waals surface area (Å²) in [5.41, 5.74) is 0.857. The van der Waals surface area contributed by atoms with Gasteiger partial charge in [0.15, 0.2) is 5.57 Å². The van der Waals surface area contributed by atoms with Crippen LogP contribution < -0.4 is 10.2 Å². The Labute approximate surface area is 154 Å². The molecule has 1 aromatic carbocycles. The summed E-state index contributed by atoms with van der Waals surface area (Å²) < 4.78 is 9.98. The number of carbonyl (C=O) groups excluding carboxylic acids is 3. The summed E-state index contributed by atoms with van der Waals surface area (Å²) in [7, 11) is 0. The number of esters is 2. The van der Waals surface area contributed by atoms with Gasteiger partial charge in [-0.15, -0.1) is 0 Å². The normalized spacial score (nSPS) is 21.6. The molecular formula is C18H18N2O7. The third-order valence-electron chi connectivity index (χ3n) is 4.15. The molecule has 2 N–H and O–H groups in total. The number of ether oxygens (including phenoxy) is 2. The lowest BCUT2D eigenvalue weighted by Gasteiger charge is -2.29. The average Bonchev–Trinajstić information content (AvgIpc) is 2.96. The maximum atomic E-state index is 12.0. The number of aliphatic carboxylic acids is 1. The number of carbonyl (C=O) groups is 4. The van der Waals surface area contributed by atoms with Gasteiger partial charge in [0.2, 0.25) is 5.91 Å². The molecule has 9 nitrogen and oxygen atoms in total. The van der Waals surface area contributed by atoms with Crippen LogP contribution in [0, 0.1) is 5.92 Å². The molecule has 0 spiro atoms. The second-order valence-electron chi connectivity index (χ2n) is 6.67. The van der Waals surface area contributed by atoms with Crippen molar-refractivity contribution in [1.82, 2.24) is 0 Å². The Bertz CT molecular complexity index is 820. The molecule has 0 radical (unpaired) electrons. The van der Waals surface area contributed by atoms with Crippen molar-refractivity contribution in [2.75, 3.05) is 16.8 Å². The first-order chi connectivity index (χ1) is 12.7. The van der Waals surface area contributed by atoms with Crippen LogP contribution in [-0.2, 0) is 28.7 Å². The molecule has 27 heavy (non-hydrogen) atoms. The van der Waals surface area contributed by atoms with Crippen molar-refractivity contribution in [3.63, 3.8) is 0 Å². The summed E-state index contributed by atoms with van der Waals surface area (Å²) in [4.78, 5) is 48.2. The molecule has 2 saturated heterocycles. The first kappa shape index (κ1) is 18.4. The van der Waals surface area contributed by atoms with E-state index in [0.29, 0.717) is 11.4 Å².